The molecule has 0 aliphatic rings. The zero-order chi connectivity index (χ0) is 19.2. The lowest BCUT2D eigenvalue weighted by molar-refractivity contribution is -0.384. The summed E-state index contributed by atoms with van der Waals surface area (Å²) in [6, 6.07) is 13.0. The van der Waals surface area contributed by atoms with E-state index in [9.17, 15) is 18.5 Å². The zero-order valence-corrected chi connectivity index (χ0v) is 15.6. The molecule has 10 heteroatoms. The summed E-state index contributed by atoms with van der Waals surface area (Å²) >= 11 is 1.58. The maximum absolute atomic E-state index is 11.4. The first-order valence-electron chi connectivity index (χ1n) is 7.56. The second-order valence-corrected chi connectivity index (χ2v) is 8.06. The Morgan fingerprint density at radius 1 is 1.27 bits per heavy atom. The minimum atomic E-state index is -4.02. The van der Waals surface area contributed by atoms with E-state index < -0.39 is 14.9 Å². The van der Waals surface area contributed by atoms with E-state index in [1.54, 1.807) is 18.9 Å². The molecule has 2 aromatic rings. The molecule has 26 heavy (non-hydrogen) atoms. The van der Waals surface area contributed by atoms with Gasteiger partial charge in [0.1, 0.15) is 5.69 Å². The van der Waals surface area contributed by atoms with Crippen molar-refractivity contribution in [3.05, 3.63) is 58.6 Å². The Bertz CT molecular complexity index is 859. The number of nitro benzene ring substituents is 1. The highest BCUT2D eigenvalue weighted by molar-refractivity contribution is 7.99. The molecule has 0 bridgehead atoms. The van der Waals surface area contributed by atoms with E-state index >= 15 is 0 Å². The lowest BCUT2D eigenvalue weighted by Crippen LogP contribution is -2.28. The lowest BCUT2D eigenvalue weighted by atomic mass is 10.2. The van der Waals surface area contributed by atoms with Gasteiger partial charge in [0.05, 0.1) is 22.5 Å². The fourth-order valence-electron chi connectivity index (χ4n) is 2.23. The highest BCUT2D eigenvalue weighted by atomic mass is 32.2. The van der Waals surface area contributed by atoms with Crippen LogP contribution in [-0.4, -0.2) is 38.9 Å². The molecule has 0 aliphatic carbocycles. The number of hydrogen-bond donors (Lipinski definition) is 2. The molecule has 2 aromatic carbocycles. The Hall–Kier alpha value is -2.14. The number of benzene rings is 2. The standard InChI is InChI=1S/C16H19N3O5S2/c1-24-10-12(11-25-13-5-3-2-4-6-13)18-15-8-7-14(26(17,22)23)9-16(15)19(20)21/h2-9,12,18H,10-11H2,1H3,(H2,17,22,23). The van der Waals surface area contributed by atoms with Crippen LogP contribution in [0.15, 0.2) is 58.3 Å². The lowest BCUT2D eigenvalue weighted by Gasteiger charge is -2.19. The van der Waals surface area contributed by atoms with Crippen molar-refractivity contribution in [1.29, 1.82) is 0 Å². The van der Waals surface area contributed by atoms with Gasteiger partial charge in [-0.05, 0) is 24.3 Å². The van der Waals surface area contributed by atoms with Gasteiger partial charge in [0.15, 0.2) is 0 Å². The number of ether oxygens (including phenoxy) is 1. The molecule has 1 atom stereocenters. The van der Waals surface area contributed by atoms with Gasteiger partial charge in [-0.3, -0.25) is 10.1 Å². The van der Waals surface area contributed by atoms with Gasteiger partial charge in [0, 0.05) is 23.8 Å². The summed E-state index contributed by atoms with van der Waals surface area (Å²) in [5, 5.41) is 19.4. The summed E-state index contributed by atoms with van der Waals surface area (Å²) in [6.07, 6.45) is 0. The van der Waals surface area contributed by atoms with Gasteiger partial charge in [0.2, 0.25) is 10.0 Å². The smallest absolute Gasteiger partial charge is 0.293 e. The summed E-state index contributed by atoms with van der Waals surface area (Å²) in [5.74, 6) is 0.603. The minimum Gasteiger partial charge on any atom is -0.383 e. The molecule has 0 radical (unpaired) electrons. The number of sulfonamides is 1. The summed E-state index contributed by atoms with van der Waals surface area (Å²) in [4.78, 5) is 11.4. The van der Waals surface area contributed by atoms with Gasteiger partial charge >= 0.3 is 0 Å². The number of thioether (sulfide) groups is 1. The Labute approximate surface area is 155 Å². The topological polar surface area (TPSA) is 125 Å². The average Bonchev–Trinajstić information content (AvgIpc) is 2.60. The van der Waals surface area contributed by atoms with Crippen molar-refractivity contribution in [3.63, 3.8) is 0 Å². The first-order chi connectivity index (χ1) is 12.3. The molecule has 3 N–H and O–H groups in total. The van der Waals surface area contributed by atoms with E-state index in [1.807, 2.05) is 30.3 Å². The van der Waals surface area contributed by atoms with Crippen LogP contribution >= 0.6 is 11.8 Å². The monoisotopic (exact) mass is 397 g/mol. The maximum atomic E-state index is 11.4. The highest BCUT2D eigenvalue weighted by Crippen LogP contribution is 2.29. The third-order valence-corrected chi connectivity index (χ3v) is 5.50. The van der Waals surface area contributed by atoms with Crippen LogP contribution in [-0.2, 0) is 14.8 Å². The molecule has 0 aliphatic heterocycles. The number of rotatable bonds is 9. The van der Waals surface area contributed by atoms with Crippen LogP contribution < -0.4 is 10.5 Å². The van der Waals surface area contributed by atoms with E-state index in [0.717, 1.165) is 11.0 Å². The highest BCUT2D eigenvalue weighted by Gasteiger charge is 2.21. The van der Waals surface area contributed by atoms with Crippen molar-refractivity contribution in [1.82, 2.24) is 0 Å². The third kappa shape index (κ3) is 5.70. The van der Waals surface area contributed by atoms with Crippen LogP contribution in [0, 0.1) is 10.1 Å². The van der Waals surface area contributed by atoms with Gasteiger partial charge in [-0.1, -0.05) is 18.2 Å². The largest absolute Gasteiger partial charge is 0.383 e. The van der Waals surface area contributed by atoms with E-state index in [0.29, 0.717) is 12.4 Å². The predicted molar refractivity (Wildman–Crippen MR) is 101 cm³/mol. The summed E-state index contributed by atoms with van der Waals surface area (Å²) < 4.78 is 28.0. The van der Waals surface area contributed by atoms with E-state index in [-0.39, 0.29) is 22.3 Å². The molecule has 0 spiro atoms. The molecule has 0 heterocycles. The molecule has 0 amide bonds. The number of anilines is 1. The molecule has 1 unspecified atom stereocenters. The summed E-state index contributed by atoms with van der Waals surface area (Å²) in [7, 11) is -2.48. The number of nitrogens with one attached hydrogen (secondary N) is 1. The van der Waals surface area contributed by atoms with Crippen LogP contribution in [0.3, 0.4) is 0 Å². The normalized spacial score (nSPS) is 12.5. The Kier molecular flexibility index (Phi) is 6.98. The predicted octanol–water partition coefficient (Wildman–Crippen LogP) is 2.46. The Morgan fingerprint density at radius 2 is 1.96 bits per heavy atom. The Morgan fingerprint density at radius 3 is 2.54 bits per heavy atom. The SMILES string of the molecule is COCC(CSc1ccccc1)Nc1ccc(S(N)(=O)=O)cc1[N+](=O)[O-]. The zero-order valence-electron chi connectivity index (χ0n) is 14.0. The van der Waals surface area contributed by atoms with E-state index in [1.165, 1.54) is 12.1 Å². The molecule has 8 nitrogen and oxygen atoms in total. The molecule has 0 fully saturated rings. The van der Waals surface area contributed by atoms with E-state index in [4.69, 9.17) is 9.88 Å². The van der Waals surface area contributed by atoms with Crippen molar-refractivity contribution in [2.75, 3.05) is 24.8 Å². The van der Waals surface area contributed by atoms with Gasteiger partial charge in [-0.25, -0.2) is 13.6 Å². The molecular weight excluding hydrogens is 378 g/mol. The van der Waals surface area contributed by atoms with Gasteiger partial charge in [0.25, 0.3) is 5.69 Å². The van der Waals surface area contributed by atoms with Crippen LogP contribution in [0.25, 0.3) is 0 Å². The molecule has 0 saturated carbocycles. The quantitative estimate of drug-likeness (QED) is 0.378. The number of methoxy groups -OCH3 is 1. The second kappa shape index (κ2) is 8.99. The van der Waals surface area contributed by atoms with Crippen LogP contribution in [0.4, 0.5) is 11.4 Å². The van der Waals surface area contributed by atoms with Crippen molar-refractivity contribution < 1.29 is 18.1 Å². The Balaban J connectivity index is 2.20. The van der Waals surface area contributed by atoms with Gasteiger partial charge < -0.3 is 10.1 Å². The molecule has 2 rings (SSSR count). The molecule has 0 aromatic heterocycles. The third-order valence-electron chi connectivity index (χ3n) is 3.42. The summed E-state index contributed by atoms with van der Waals surface area (Å²) in [6.45, 7) is 0.327. The first kappa shape index (κ1) is 20.2. The number of nitrogens with two attached hydrogens (primary N) is 1. The summed E-state index contributed by atoms with van der Waals surface area (Å²) in [5.41, 5.74) is -0.152. The minimum absolute atomic E-state index is 0.207. The van der Waals surface area contributed by atoms with Crippen molar-refractivity contribution in [2.24, 2.45) is 5.14 Å². The number of primary sulfonamides is 1. The van der Waals surface area contributed by atoms with Crippen molar-refractivity contribution in [3.8, 4) is 0 Å². The number of hydrogen-bond acceptors (Lipinski definition) is 7. The fraction of sp³-hybridized carbons (Fsp3) is 0.250. The molecular formula is C16H19N3O5S2. The van der Waals surface area contributed by atoms with Gasteiger partial charge in [-0.2, -0.15) is 0 Å². The van der Waals surface area contributed by atoms with Crippen LogP contribution in [0.1, 0.15) is 0 Å². The number of nitrogens with zero attached hydrogens (tertiary/aromatic N) is 1. The van der Waals surface area contributed by atoms with Crippen molar-refractivity contribution in [2.45, 2.75) is 15.8 Å². The molecule has 0 saturated heterocycles. The second-order valence-electron chi connectivity index (χ2n) is 5.40. The number of nitro groups is 1. The fourth-order valence-corrected chi connectivity index (χ4v) is 3.68. The first-order valence-corrected chi connectivity index (χ1v) is 10.1. The van der Waals surface area contributed by atoms with Crippen LogP contribution in [0.5, 0.6) is 0 Å². The maximum Gasteiger partial charge on any atom is 0.293 e. The molecule has 140 valence electrons. The average molecular weight is 397 g/mol. The van der Waals surface area contributed by atoms with E-state index in [2.05, 4.69) is 5.32 Å². The van der Waals surface area contributed by atoms with Crippen LogP contribution in [0.2, 0.25) is 0 Å². The van der Waals surface area contributed by atoms with Gasteiger partial charge in [-0.15, -0.1) is 11.8 Å². The van der Waals surface area contributed by atoms with Crippen molar-refractivity contribution >= 4 is 33.2 Å².